The minimum atomic E-state index is -0.353. The number of amides is 1. The van der Waals surface area contributed by atoms with Crippen molar-refractivity contribution in [3.05, 3.63) is 65.7 Å². The fraction of sp³-hybridized carbons (Fsp3) is 0.167. The summed E-state index contributed by atoms with van der Waals surface area (Å²) in [7, 11) is 0. The Kier molecular flexibility index (Phi) is 6.02. The molecule has 2 aromatic carbocycles. The molecule has 0 saturated carbocycles. The third kappa shape index (κ3) is 5.04. The van der Waals surface area contributed by atoms with Crippen LogP contribution in [0.4, 0.5) is 8.78 Å². The zero-order valence-electron chi connectivity index (χ0n) is 14.2. The average molecular weight is 389 g/mol. The molecule has 27 heavy (non-hydrogen) atoms. The number of halogens is 2. The summed E-state index contributed by atoms with van der Waals surface area (Å²) in [4.78, 5) is 12.0. The van der Waals surface area contributed by atoms with E-state index in [4.69, 9.17) is 5.84 Å². The lowest BCUT2D eigenvalue weighted by Crippen LogP contribution is -2.27. The quantitative estimate of drug-likeness (QED) is 0.479. The van der Waals surface area contributed by atoms with E-state index in [-0.39, 0.29) is 23.3 Å². The van der Waals surface area contributed by atoms with Crippen molar-refractivity contribution in [1.82, 2.24) is 20.2 Å². The van der Waals surface area contributed by atoms with E-state index in [9.17, 15) is 13.6 Å². The van der Waals surface area contributed by atoms with Gasteiger partial charge < -0.3 is 11.2 Å². The van der Waals surface area contributed by atoms with Crippen LogP contribution < -0.4 is 11.2 Å². The molecular weight excluding hydrogens is 372 g/mol. The second-order valence-corrected chi connectivity index (χ2v) is 6.64. The molecule has 0 atom stereocenters. The van der Waals surface area contributed by atoms with Crippen LogP contribution in [0, 0.1) is 11.6 Å². The Morgan fingerprint density at radius 1 is 1.04 bits per heavy atom. The topological polar surface area (TPSA) is 85.8 Å². The number of rotatable bonds is 7. The van der Waals surface area contributed by atoms with Gasteiger partial charge in [-0.3, -0.25) is 4.79 Å². The maximum atomic E-state index is 13.0. The molecule has 0 radical (unpaired) electrons. The molecule has 6 nitrogen and oxygen atoms in total. The van der Waals surface area contributed by atoms with Gasteiger partial charge in [-0.2, -0.15) is 0 Å². The summed E-state index contributed by atoms with van der Waals surface area (Å²) < 4.78 is 27.1. The molecule has 3 aromatic rings. The number of nitrogens with zero attached hydrogens (tertiary/aromatic N) is 3. The summed E-state index contributed by atoms with van der Waals surface area (Å²) in [5.74, 6) is 5.66. The number of aromatic nitrogens is 3. The molecule has 3 rings (SSSR count). The third-order valence-electron chi connectivity index (χ3n) is 3.75. The number of benzene rings is 2. The summed E-state index contributed by atoms with van der Waals surface area (Å²) in [6, 6.07) is 11.9. The van der Waals surface area contributed by atoms with Gasteiger partial charge >= 0.3 is 0 Å². The molecule has 0 aliphatic carbocycles. The Morgan fingerprint density at radius 2 is 1.67 bits per heavy atom. The molecule has 0 aliphatic rings. The van der Waals surface area contributed by atoms with Gasteiger partial charge in [0.2, 0.25) is 11.1 Å². The first-order valence-electron chi connectivity index (χ1n) is 8.13. The Hall–Kier alpha value is -2.94. The third-order valence-corrected chi connectivity index (χ3v) is 4.69. The number of nitrogens with two attached hydrogens (primary N) is 1. The van der Waals surface area contributed by atoms with Gasteiger partial charge in [0.05, 0.1) is 5.75 Å². The highest BCUT2D eigenvalue weighted by Crippen LogP contribution is 2.21. The average Bonchev–Trinajstić information content (AvgIpc) is 3.03. The molecule has 0 aliphatic heterocycles. The molecule has 3 N–H and O–H groups in total. The van der Waals surface area contributed by atoms with Crippen LogP contribution in [0.3, 0.4) is 0 Å². The van der Waals surface area contributed by atoms with Crippen LogP contribution in [-0.2, 0) is 11.2 Å². The fourth-order valence-corrected chi connectivity index (χ4v) is 3.04. The van der Waals surface area contributed by atoms with Crippen LogP contribution >= 0.6 is 11.8 Å². The highest BCUT2D eigenvalue weighted by Gasteiger charge is 2.13. The lowest BCUT2D eigenvalue weighted by Gasteiger charge is -2.06. The standard InChI is InChI=1S/C18H17F2N5OS/c19-14-5-1-12(2-6-14)9-10-22-16(26)11-27-18-24-23-17(25(18)21)13-3-7-15(20)8-4-13/h1-8H,9-11,21H2,(H,22,26). The summed E-state index contributed by atoms with van der Waals surface area (Å²) in [6.07, 6.45) is 0.610. The lowest BCUT2D eigenvalue weighted by molar-refractivity contribution is -0.118. The van der Waals surface area contributed by atoms with Gasteiger partial charge in [0.15, 0.2) is 5.82 Å². The highest BCUT2D eigenvalue weighted by molar-refractivity contribution is 7.99. The van der Waals surface area contributed by atoms with E-state index in [0.29, 0.717) is 29.5 Å². The van der Waals surface area contributed by atoms with Crippen molar-refractivity contribution in [2.75, 3.05) is 18.1 Å². The van der Waals surface area contributed by atoms with Gasteiger partial charge in [-0.15, -0.1) is 10.2 Å². The lowest BCUT2D eigenvalue weighted by atomic mass is 10.1. The van der Waals surface area contributed by atoms with Crippen molar-refractivity contribution in [2.24, 2.45) is 0 Å². The van der Waals surface area contributed by atoms with Gasteiger partial charge in [-0.1, -0.05) is 23.9 Å². The molecule has 0 saturated heterocycles. The first-order valence-corrected chi connectivity index (χ1v) is 9.12. The van der Waals surface area contributed by atoms with Crippen molar-refractivity contribution in [3.8, 4) is 11.4 Å². The van der Waals surface area contributed by atoms with Crippen LogP contribution in [0.25, 0.3) is 11.4 Å². The zero-order chi connectivity index (χ0) is 19.2. The molecule has 0 bridgehead atoms. The normalized spacial score (nSPS) is 10.7. The van der Waals surface area contributed by atoms with Crippen LogP contribution in [0.5, 0.6) is 0 Å². The number of carbonyl (C=O) groups excluding carboxylic acids is 1. The maximum absolute atomic E-state index is 13.0. The maximum Gasteiger partial charge on any atom is 0.230 e. The number of hydrogen-bond donors (Lipinski definition) is 2. The van der Waals surface area contributed by atoms with Gasteiger partial charge in [0.1, 0.15) is 11.6 Å². The van der Waals surface area contributed by atoms with Crippen molar-refractivity contribution < 1.29 is 13.6 Å². The van der Waals surface area contributed by atoms with Crippen molar-refractivity contribution in [1.29, 1.82) is 0 Å². The fourth-order valence-electron chi connectivity index (χ4n) is 2.35. The highest BCUT2D eigenvalue weighted by atomic mass is 32.2. The van der Waals surface area contributed by atoms with Crippen molar-refractivity contribution in [3.63, 3.8) is 0 Å². The van der Waals surface area contributed by atoms with E-state index in [2.05, 4.69) is 15.5 Å². The van der Waals surface area contributed by atoms with E-state index in [1.165, 1.54) is 28.9 Å². The number of hydrogen-bond acceptors (Lipinski definition) is 5. The first-order chi connectivity index (χ1) is 13.0. The van der Waals surface area contributed by atoms with Gasteiger partial charge in [0, 0.05) is 12.1 Å². The minimum absolute atomic E-state index is 0.127. The van der Waals surface area contributed by atoms with Crippen molar-refractivity contribution in [2.45, 2.75) is 11.6 Å². The molecule has 1 amide bonds. The molecule has 0 spiro atoms. The predicted octanol–water partition coefficient (Wildman–Crippen LogP) is 2.39. The first kappa shape index (κ1) is 18.8. The van der Waals surface area contributed by atoms with E-state index < -0.39 is 0 Å². The summed E-state index contributed by atoms with van der Waals surface area (Å²) in [6.45, 7) is 0.446. The summed E-state index contributed by atoms with van der Waals surface area (Å²) in [5, 5.41) is 11.1. The Balaban J connectivity index is 1.49. The molecule has 9 heteroatoms. The smallest absolute Gasteiger partial charge is 0.230 e. The van der Waals surface area contributed by atoms with E-state index in [0.717, 1.165) is 17.3 Å². The second-order valence-electron chi connectivity index (χ2n) is 5.70. The van der Waals surface area contributed by atoms with Gasteiger partial charge in [-0.05, 0) is 48.4 Å². The number of nitrogens with one attached hydrogen (secondary N) is 1. The molecule has 1 heterocycles. The molecule has 0 fully saturated rings. The summed E-state index contributed by atoms with van der Waals surface area (Å²) >= 11 is 1.15. The molecule has 0 unspecified atom stereocenters. The van der Waals surface area contributed by atoms with Crippen LogP contribution in [0.2, 0.25) is 0 Å². The van der Waals surface area contributed by atoms with Gasteiger partial charge in [-0.25, -0.2) is 13.5 Å². The van der Waals surface area contributed by atoms with Crippen LogP contribution in [0.1, 0.15) is 5.56 Å². The Labute approximate surface area is 158 Å². The van der Waals surface area contributed by atoms with E-state index in [1.807, 2.05) is 0 Å². The van der Waals surface area contributed by atoms with Crippen LogP contribution in [-0.4, -0.2) is 33.1 Å². The van der Waals surface area contributed by atoms with Crippen LogP contribution in [0.15, 0.2) is 53.7 Å². The number of nitrogen functional groups attached to an aromatic ring is 1. The predicted molar refractivity (Wildman–Crippen MR) is 99.4 cm³/mol. The molecule has 1 aromatic heterocycles. The zero-order valence-corrected chi connectivity index (χ0v) is 15.0. The number of thioether (sulfide) groups is 1. The Bertz CT molecular complexity index is 913. The monoisotopic (exact) mass is 389 g/mol. The minimum Gasteiger partial charge on any atom is -0.355 e. The van der Waals surface area contributed by atoms with E-state index in [1.54, 1.807) is 24.3 Å². The molecular formula is C18H17F2N5OS. The van der Waals surface area contributed by atoms with E-state index >= 15 is 0 Å². The van der Waals surface area contributed by atoms with Crippen molar-refractivity contribution >= 4 is 17.7 Å². The SMILES string of the molecule is Nn1c(SCC(=O)NCCc2ccc(F)cc2)nnc1-c1ccc(F)cc1. The summed E-state index contributed by atoms with van der Waals surface area (Å²) in [5.41, 5.74) is 1.57. The van der Waals surface area contributed by atoms with Gasteiger partial charge in [0.25, 0.3) is 0 Å². The second kappa shape index (κ2) is 8.63. The number of carbonyl (C=O) groups is 1. The largest absolute Gasteiger partial charge is 0.355 e. The Morgan fingerprint density at radius 3 is 2.33 bits per heavy atom. The molecule has 140 valence electrons.